The monoisotopic (exact) mass is 517 g/mol. The number of nitrogens with zero attached hydrogens (tertiary/aromatic N) is 1. The maximum absolute atomic E-state index is 11.9. The van der Waals surface area contributed by atoms with E-state index in [0.29, 0.717) is 25.5 Å². The Bertz CT molecular complexity index is 890. The predicted octanol–water partition coefficient (Wildman–Crippen LogP) is 5.92. The molecular weight excluding hydrogens is 486 g/mol. The zero-order chi connectivity index (χ0) is 24.4. The lowest BCUT2D eigenvalue weighted by molar-refractivity contribution is -0.142. The number of hydrogen-bond acceptors (Lipinski definition) is 7. The van der Waals surface area contributed by atoms with Crippen molar-refractivity contribution in [3.63, 3.8) is 0 Å². The normalized spacial score (nSPS) is 17.3. The second-order valence-corrected chi connectivity index (χ2v) is 11.1. The number of benzene rings is 2. The first-order chi connectivity index (χ1) is 16.5. The third-order valence-electron chi connectivity index (χ3n) is 5.35. The summed E-state index contributed by atoms with van der Waals surface area (Å²) in [6.07, 6.45) is 3.45. The van der Waals surface area contributed by atoms with Crippen LogP contribution in [0.3, 0.4) is 0 Å². The largest absolute Gasteiger partial charge is 0.490 e. The first kappa shape index (κ1) is 26.6. The van der Waals surface area contributed by atoms with Crippen molar-refractivity contribution in [2.24, 2.45) is 0 Å². The minimum absolute atomic E-state index is 0.289. The van der Waals surface area contributed by atoms with Crippen molar-refractivity contribution < 1.29 is 19.4 Å². The van der Waals surface area contributed by atoms with Crippen molar-refractivity contribution in [2.75, 3.05) is 37.0 Å². The molecule has 0 aliphatic carbocycles. The fraction of sp³-hybridized carbons (Fsp3) is 0.346. The lowest BCUT2D eigenvalue weighted by Crippen LogP contribution is -2.52. The zero-order valence-electron chi connectivity index (χ0n) is 19.4. The van der Waals surface area contributed by atoms with Gasteiger partial charge >= 0.3 is 5.97 Å². The Morgan fingerprint density at radius 1 is 1.03 bits per heavy atom. The summed E-state index contributed by atoms with van der Waals surface area (Å²) in [4.78, 5) is 16.1. The summed E-state index contributed by atoms with van der Waals surface area (Å²) < 4.78 is 11.2. The lowest BCUT2D eigenvalue weighted by atomic mass is 10.2. The molecule has 2 aromatic rings. The Hall–Kier alpha value is -2.00. The Balaban J connectivity index is 1.72. The smallest absolute Gasteiger partial charge is 0.321 e. The van der Waals surface area contributed by atoms with E-state index in [1.165, 1.54) is 0 Å². The number of rotatable bonds is 14. The molecule has 182 valence electrons. The number of thioether (sulfide) groups is 3. The van der Waals surface area contributed by atoms with Gasteiger partial charge in [-0.25, -0.2) is 0 Å². The van der Waals surface area contributed by atoms with E-state index < -0.39 is 12.0 Å². The summed E-state index contributed by atoms with van der Waals surface area (Å²) in [5.74, 6) is 3.04. The van der Waals surface area contributed by atoms with Gasteiger partial charge in [-0.2, -0.15) is 0 Å². The predicted molar refractivity (Wildman–Crippen MR) is 145 cm³/mol. The highest BCUT2D eigenvalue weighted by molar-refractivity contribution is 8.06. The second-order valence-electron chi connectivity index (χ2n) is 7.62. The van der Waals surface area contributed by atoms with Crippen LogP contribution in [-0.2, 0) is 4.79 Å². The van der Waals surface area contributed by atoms with Gasteiger partial charge in [0.2, 0.25) is 0 Å². The van der Waals surface area contributed by atoms with Gasteiger partial charge in [0.15, 0.2) is 0 Å². The molecule has 0 radical (unpaired) electrons. The van der Waals surface area contributed by atoms with Crippen molar-refractivity contribution in [3.8, 4) is 11.5 Å². The molecule has 1 N–H and O–H groups in total. The molecule has 8 heteroatoms. The number of carboxylic acids is 1. The first-order valence-corrected chi connectivity index (χ1v) is 14.0. The van der Waals surface area contributed by atoms with E-state index in [-0.39, 0.29) is 4.87 Å². The molecule has 0 saturated carbocycles. The quantitative estimate of drug-likeness (QED) is 0.245. The molecule has 0 bridgehead atoms. The fourth-order valence-electron chi connectivity index (χ4n) is 3.66. The molecule has 3 rings (SSSR count). The van der Waals surface area contributed by atoms with Crippen LogP contribution in [0.2, 0.25) is 0 Å². The van der Waals surface area contributed by atoms with Crippen molar-refractivity contribution in [1.82, 2.24) is 4.90 Å². The summed E-state index contributed by atoms with van der Waals surface area (Å²) in [6.45, 7) is 11.0. The third kappa shape index (κ3) is 7.01. The summed E-state index contributed by atoms with van der Waals surface area (Å²) in [5.41, 5.74) is 0. The summed E-state index contributed by atoms with van der Waals surface area (Å²) in [6, 6.07) is 15.6. The van der Waals surface area contributed by atoms with Gasteiger partial charge in [0, 0.05) is 27.0 Å². The van der Waals surface area contributed by atoms with Gasteiger partial charge in [-0.3, -0.25) is 9.69 Å². The number of aliphatic carboxylic acids is 1. The van der Waals surface area contributed by atoms with Gasteiger partial charge in [-0.15, -0.1) is 35.3 Å². The van der Waals surface area contributed by atoms with Crippen LogP contribution in [0, 0.1) is 0 Å². The average Bonchev–Trinajstić information content (AvgIpc) is 3.24. The Morgan fingerprint density at radius 3 is 1.88 bits per heavy atom. The van der Waals surface area contributed by atoms with Crippen LogP contribution in [-0.4, -0.2) is 63.9 Å². The minimum atomic E-state index is -0.751. The van der Waals surface area contributed by atoms with Crippen molar-refractivity contribution in [2.45, 2.75) is 27.6 Å². The SMILES string of the molecule is C=CCOc1ccc(SCC2(CSc3ccc(OCC=C)cc3)SCC(C(=O)O)N2CC)cc1. The Kier molecular flexibility index (Phi) is 10.3. The summed E-state index contributed by atoms with van der Waals surface area (Å²) in [7, 11) is 0. The molecule has 34 heavy (non-hydrogen) atoms. The van der Waals surface area contributed by atoms with Crippen LogP contribution < -0.4 is 9.47 Å². The topological polar surface area (TPSA) is 59.0 Å². The molecule has 1 unspecified atom stereocenters. The number of ether oxygens (including phenoxy) is 2. The van der Waals surface area contributed by atoms with Crippen molar-refractivity contribution in [1.29, 1.82) is 0 Å². The lowest BCUT2D eigenvalue weighted by Gasteiger charge is -2.38. The van der Waals surface area contributed by atoms with Crippen molar-refractivity contribution in [3.05, 3.63) is 73.8 Å². The van der Waals surface area contributed by atoms with Gasteiger partial charge in [0.1, 0.15) is 30.8 Å². The van der Waals surface area contributed by atoms with Gasteiger partial charge in [-0.1, -0.05) is 32.2 Å². The molecule has 1 saturated heterocycles. The van der Waals surface area contributed by atoms with Crippen LogP contribution in [0.5, 0.6) is 11.5 Å². The van der Waals surface area contributed by atoms with E-state index in [2.05, 4.69) is 42.3 Å². The van der Waals surface area contributed by atoms with Crippen molar-refractivity contribution >= 4 is 41.3 Å². The number of hydrogen-bond donors (Lipinski definition) is 1. The highest BCUT2D eigenvalue weighted by Crippen LogP contribution is 2.46. The number of likely N-dealkylation sites (N-methyl/N-ethyl adjacent to an activating group) is 1. The van der Waals surface area contributed by atoms with Crippen LogP contribution >= 0.6 is 35.3 Å². The maximum atomic E-state index is 11.9. The first-order valence-electron chi connectivity index (χ1n) is 11.1. The van der Waals surface area contributed by atoms with E-state index in [1.807, 2.05) is 31.2 Å². The maximum Gasteiger partial charge on any atom is 0.321 e. The highest BCUT2D eigenvalue weighted by Gasteiger charge is 2.49. The molecule has 1 atom stereocenters. The minimum Gasteiger partial charge on any atom is -0.490 e. The molecule has 0 amide bonds. The molecule has 1 heterocycles. The summed E-state index contributed by atoms with van der Waals surface area (Å²) in [5, 5.41) is 9.81. The van der Waals surface area contributed by atoms with Crippen LogP contribution in [0.15, 0.2) is 83.6 Å². The Labute approximate surface area is 215 Å². The zero-order valence-corrected chi connectivity index (χ0v) is 21.8. The average molecular weight is 518 g/mol. The Morgan fingerprint density at radius 2 is 1.50 bits per heavy atom. The molecule has 1 aliphatic heterocycles. The molecule has 0 spiro atoms. The number of carboxylic acid groups (broad SMARTS) is 1. The molecular formula is C26H31NO4S3. The van der Waals surface area contributed by atoms with E-state index in [4.69, 9.17) is 9.47 Å². The molecule has 1 aliphatic rings. The second kappa shape index (κ2) is 13.2. The molecule has 0 aromatic heterocycles. The van der Waals surface area contributed by atoms with E-state index >= 15 is 0 Å². The number of carbonyl (C=O) groups is 1. The highest BCUT2D eigenvalue weighted by atomic mass is 32.2. The summed E-state index contributed by atoms with van der Waals surface area (Å²) >= 11 is 5.27. The molecule has 2 aromatic carbocycles. The van der Waals surface area contributed by atoms with Crippen LogP contribution in [0.1, 0.15) is 6.92 Å². The van der Waals surface area contributed by atoms with E-state index in [0.717, 1.165) is 32.8 Å². The van der Waals surface area contributed by atoms with E-state index in [1.54, 1.807) is 47.4 Å². The van der Waals surface area contributed by atoms with Crippen LogP contribution in [0.25, 0.3) is 0 Å². The van der Waals surface area contributed by atoms with Gasteiger partial charge in [-0.05, 0) is 55.1 Å². The van der Waals surface area contributed by atoms with Gasteiger partial charge < -0.3 is 14.6 Å². The standard InChI is InChI=1S/C26H31NO4S3/c1-4-15-30-20-7-11-22(12-8-20)32-18-26(27(6-3)24(17-34-26)25(28)29)19-33-23-13-9-21(10-14-23)31-16-5-2/h4-5,7-14,24H,1-2,6,15-19H2,3H3,(H,28,29). The van der Waals surface area contributed by atoms with Crippen LogP contribution in [0.4, 0.5) is 0 Å². The van der Waals surface area contributed by atoms with Gasteiger partial charge in [0.05, 0.1) is 4.87 Å². The van der Waals surface area contributed by atoms with E-state index in [9.17, 15) is 9.90 Å². The third-order valence-corrected chi connectivity index (χ3v) is 9.71. The van der Waals surface area contributed by atoms with Gasteiger partial charge in [0.25, 0.3) is 0 Å². The molecule has 1 fully saturated rings. The fourth-order valence-corrected chi connectivity index (χ4v) is 8.00. The molecule has 5 nitrogen and oxygen atoms in total.